The van der Waals surface area contributed by atoms with Crippen molar-refractivity contribution < 1.29 is 19.1 Å². The van der Waals surface area contributed by atoms with E-state index in [9.17, 15) is 10.1 Å². The SMILES string of the molecule is COc1cccc(CN2CCN(c3cc(OC)c(OC)cc3[N+](=O)[O-])CC2)c1. The summed E-state index contributed by atoms with van der Waals surface area (Å²) in [7, 11) is 4.66. The molecule has 2 aromatic carbocycles. The number of hydrogen-bond donors (Lipinski definition) is 0. The Bertz CT molecular complexity index is 835. The number of piperazine rings is 1. The van der Waals surface area contributed by atoms with E-state index in [0.717, 1.165) is 25.4 Å². The number of ether oxygens (including phenoxy) is 3. The van der Waals surface area contributed by atoms with E-state index < -0.39 is 0 Å². The molecule has 1 aliphatic heterocycles. The van der Waals surface area contributed by atoms with E-state index >= 15 is 0 Å². The van der Waals surface area contributed by atoms with E-state index in [4.69, 9.17) is 14.2 Å². The van der Waals surface area contributed by atoms with Gasteiger partial charge in [-0.05, 0) is 17.7 Å². The Morgan fingerprint density at radius 2 is 1.64 bits per heavy atom. The van der Waals surface area contributed by atoms with Crippen molar-refractivity contribution in [2.45, 2.75) is 6.54 Å². The minimum atomic E-state index is -0.375. The molecule has 0 N–H and O–H groups in total. The molecule has 1 heterocycles. The highest BCUT2D eigenvalue weighted by Crippen LogP contribution is 2.39. The third-order valence-corrected chi connectivity index (χ3v) is 4.93. The lowest BCUT2D eigenvalue weighted by Gasteiger charge is -2.36. The van der Waals surface area contributed by atoms with Crippen LogP contribution in [0.25, 0.3) is 0 Å². The molecule has 0 amide bonds. The van der Waals surface area contributed by atoms with Crippen LogP contribution in [0.2, 0.25) is 0 Å². The maximum atomic E-state index is 11.6. The molecule has 0 bridgehead atoms. The molecule has 0 aromatic heterocycles. The van der Waals surface area contributed by atoms with Gasteiger partial charge < -0.3 is 19.1 Å². The third-order valence-electron chi connectivity index (χ3n) is 4.93. The largest absolute Gasteiger partial charge is 0.497 e. The quantitative estimate of drug-likeness (QED) is 0.534. The molecule has 0 radical (unpaired) electrons. The van der Waals surface area contributed by atoms with Gasteiger partial charge in [-0.25, -0.2) is 0 Å². The average molecular weight is 387 g/mol. The van der Waals surface area contributed by atoms with Crippen molar-refractivity contribution in [1.82, 2.24) is 4.90 Å². The van der Waals surface area contributed by atoms with Crippen molar-refractivity contribution in [3.05, 3.63) is 52.1 Å². The summed E-state index contributed by atoms with van der Waals surface area (Å²) in [5.41, 5.74) is 1.77. The summed E-state index contributed by atoms with van der Waals surface area (Å²) in [5.74, 6) is 1.69. The molecule has 150 valence electrons. The highest BCUT2D eigenvalue weighted by atomic mass is 16.6. The van der Waals surface area contributed by atoms with Crippen molar-refractivity contribution in [2.24, 2.45) is 0 Å². The van der Waals surface area contributed by atoms with Gasteiger partial charge in [-0.2, -0.15) is 0 Å². The Morgan fingerprint density at radius 3 is 2.25 bits per heavy atom. The second-order valence-electron chi connectivity index (χ2n) is 6.57. The summed E-state index contributed by atoms with van der Waals surface area (Å²) in [6.45, 7) is 3.82. The third kappa shape index (κ3) is 4.28. The Kier molecular flexibility index (Phi) is 6.20. The van der Waals surface area contributed by atoms with Crippen LogP contribution in [0.5, 0.6) is 17.2 Å². The number of nitro groups is 1. The first-order chi connectivity index (χ1) is 13.5. The fraction of sp³-hybridized carbons (Fsp3) is 0.400. The Hall–Kier alpha value is -3.00. The van der Waals surface area contributed by atoms with E-state index in [-0.39, 0.29) is 10.6 Å². The zero-order valence-corrected chi connectivity index (χ0v) is 16.4. The number of anilines is 1. The number of hydrogen-bond acceptors (Lipinski definition) is 7. The first-order valence-electron chi connectivity index (χ1n) is 9.06. The number of nitrogens with zero attached hydrogens (tertiary/aromatic N) is 3. The molecule has 28 heavy (non-hydrogen) atoms. The first-order valence-corrected chi connectivity index (χ1v) is 9.06. The Balaban J connectivity index is 1.72. The Labute approximate surface area is 164 Å². The molecule has 0 atom stereocenters. The van der Waals surface area contributed by atoms with Crippen LogP contribution in [-0.2, 0) is 6.54 Å². The van der Waals surface area contributed by atoms with Gasteiger partial charge in [0.15, 0.2) is 11.5 Å². The number of nitro benzene ring substituents is 1. The van der Waals surface area contributed by atoms with Gasteiger partial charge in [-0.1, -0.05) is 12.1 Å². The molecule has 0 saturated carbocycles. The van der Waals surface area contributed by atoms with Crippen LogP contribution in [-0.4, -0.2) is 57.3 Å². The second kappa shape index (κ2) is 8.79. The summed E-state index contributed by atoms with van der Waals surface area (Å²) >= 11 is 0. The molecule has 0 spiro atoms. The minimum absolute atomic E-state index is 0.0268. The molecule has 0 aliphatic carbocycles. The fourth-order valence-corrected chi connectivity index (χ4v) is 3.43. The van der Waals surface area contributed by atoms with Gasteiger partial charge in [-0.3, -0.25) is 15.0 Å². The molecule has 1 aliphatic rings. The molecule has 8 nitrogen and oxygen atoms in total. The smallest absolute Gasteiger partial charge is 0.296 e. The van der Waals surface area contributed by atoms with Gasteiger partial charge in [0, 0.05) is 38.8 Å². The van der Waals surface area contributed by atoms with Gasteiger partial charge in [0.05, 0.1) is 32.3 Å². The second-order valence-corrected chi connectivity index (χ2v) is 6.57. The molecular formula is C20H25N3O5. The molecule has 1 fully saturated rings. The first kappa shape index (κ1) is 19.8. The van der Waals surface area contributed by atoms with Gasteiger partial charge in [0.1, 0.15) is 11.4 Å². The topological polar surface area (TPSA) is 77.3 Å². The maximum Gasteiger partial charge on any atom is 0.296 e. The van der Waals surface area contributed by atoms with Crippen molar-refractivity contribution in [3.8, 4) is 17.2 Å². The summed E-state index contributed by atoms with van der Waals surface area (Å²) in [6.07, 6.45) is 0. The van der Waals surface area contributed by atoms with Crippen LogP contribution in [0, 0.1) is 10.1 Å². The highest BCUT2D eigenvalue weighted by molar-refractivity contribution is 5.70. The normalized spacial score (nSPS) is 14.6. The number of rotatable bonds is 7. The van der Waals surface area contributed by atoms with Crippen LogP contribution >= 0.6 is 0 Å². The zero-order valence-electron chi connectivity index (χ0n) is 16.4. The molecule has 0 unspecified atom stereocenters. The average Bonchev–Trinajstić information content (AvgIpc) is 2.73. The van der Waals surface area contributed by atoms with Crippen molar-refractivity contribution in [3.63, 3.8) is 0 Å². The predicted octanol–water partition coefficient (Wildman–Crippen LogP) is 2.94. The van der Waals surface area contributed by atoms with Gasteiger partial charge in [0.25, 0.3) is 5.69 Å². The monoisotopic (exact) mass is 387 g/mol. The van der Waals surface area contributed by atoms with Crippen LogP contribution in [0.4, 0.5) is 11.4 Å². The summed E-state index contributed by atoms with van der Waals surface area (Å²) < 4.78 is 15.8. The van der Waals surface area contributed by atoms with Crippen molar-refractivity contribution in [1.29, 1.82) is 0 Å². The molecular weight excluding hydrogens is 362 g/mol. The molecule has 1 saturated heterocycles. The van der Waals surface area contributed by atoms with E-state index in [1.165, 1.54) is 25.8 Å². The van der Waals surface area contributed by atoms with Crippen molar-refractivity contribution in [2.75, 3.05) is 52.4 Å². The van der Waals surface area contributed by atoms with Gasteiger partial charge in [0.2, 0.25) is 0 Å². The summed E-state index contributed by atoms with van der Waals surface area (Å²) in [4.78, 5) is 15.5. The molecule has 2 aromatic rings. The maximum absolute atomic E-state index is 11.6. The fourth-order valence-electron chi connectivity index (χ4n) is 3.43. The number of benzene rings is 2. The van der Waals surface area contributed by atoms with Crippen molar-refractivity contribution >= 4 is 11.4 Å². The zero-order chi connectivity index (χ0) is 20.1. The van der Waals surface area contributed by atoms with Crippen LogP contribution in [0.1, 0.15) is 5.56 Å². The lowest BCUT2D eigenvalue weighted by molar-refractivity contribution is -0.384. The summed E-state index contributed by atoms with van der Waals surface area (Å²) in [6, 6.07) is 11.1. The standard InChI is InChI=1S/C20H25N3O5/c1-26-16-6-4-5-15(11-16)14-21-7-9-22(10-8-21)17-12-19(27-2)20(28-3)13-18(17)23(24)25/h4-6,11-13H,7-10,14H2,1-3H3. The van der Waals surface area contributed by atoms with Gasteiger partial charge in [-0.15, -0.1) is 0 Å². The van der Waals surface area contributed by atoms with Crippen LogP contribution < -0.4 is 19.1 Å². The molecule has 8 heteroatoms. The van der Waals surface area contributed by atoms with E-state index in [1.807, 2.05) is 23.1 Å². The van der Waals surface area contributed by atoms with E-state index in [1.54, 1.807) is 13.2 Å². The highest BCUT2D eigenvalue weighted by Gasteiger charge is 2.26. The van der Waals surface area contributed by atoms with E-state index in [0.29, 0.717) is 30.3 Å². The Morgan fingerprint density at radius 1 is 0.964 bits per heavy atom. The minimum Gasteiger partial charge on any atom is -0.497 e. The van der Waals surface area contributed by atoms with E-state index in [2.05, 4.69) is 11.0 Å². The lowest BCUT2D eigenvalue weighted by atomic mass is 10.1. The van der Waals surface area contributed by atoms with Gasteiger partial charge >= 0.3 is 0 Å². The predicted molar refractivity (Wildman–Crippen MR) is 107 cm³/mol. The number of methoxy groups -OCH3 is 3. The van der Waals surface area contributed by atoms with Crippen LogP contribution in [0.3, 0.4) is 0 Å². The lowest BCUT2D eigenvalue weighted by Crippen LogP contribution is -2.46. The molecule has 3 rings (SSSR count). The summed E-state index contributed by atoms with van der Waals surface area (Å²) in [5, 5.41) is 11.6. The van der Waals surface area contributed by atoms with Crippen LogP contribution in [0.15, 0.2) is 36.4 Å².